The molecular formula is C20H20N4O3. The summed E-state index contributed by atoms with van der Waals surface area (Å²) in [5.41, 5.74) is 2.44. The largest absolute Gasteiger partial charge is 0.355 e. The minimum Gasteiger partial charge on any atom is -0.355 e. The highest BCUT2D eigenvalue weighted by Crippen LogP contribution is 2.16. The van der Waals surface area contributed by atoms with Crippen molar-refractivity contribution < 1.29 is 14.1 Å². The van der Waals surface area contributed by atoms with Crippen molar-refractivity contribution in [1.29, 1.82) is 0 Å². The SMILES string of the molecule is CC(=O)Nc1ccc(CC(=O)NCCc2noc(-c3ccccc3)n2)cc1. The summed E-state index contributed by atoms with van der Waals surface area (Å²) < 4.78 is 5.24. The lowest BCUT2D eigenvalue weighted by molar-refractivity contribution is -0.120. The Morgan fingerprint density at radius 3 is 2.48 bits per heavy atom. The lowest BCUT2D eigenvalue weighted by Crippen LogP contribution is -2.27. The number of benzene rings is 2. The first-order valence-electron chi connectivity index (χ1n) is 8.61. The van der Waals surface area contributed by atoms with Crippen LogP contribution in [0.1, 0.15) is 18.3 Å². The van der Waals surface area contributed by atoms with E-state index in [0.29, 0.717) is 30.4 Å². The van der Waals surface area contributed by atoms with E-state index in [1.807, 2.05) is 42.5 Å². The fourth-order valence-electron chi connectivity index (χ4n) is 2.52. The zero-order valence-electron chi connectivity index (χ0n) is 14.9. The average Bonchev–Trinajstić information content (AvgIpc) is 3.13. The molecule has 0 saturated carbocycles. The van der Waals surface area contributed by atoms with Gasteiger partial charge in [-0.05, 0) is 29.8 Å². The van der Waals surface area contributed by atoms with E-state index in [4.69, 9.17) is 4.52 Å². The molecule has 138 valence electrons. The lowest BCUT2D eigenvalue weighted by atomic mass is 10.1. The summed E-state index contributed by atoms with van der Waals surface area (Å²) in [7, 11) is 0. The quantitative estimate of drug-likeness (QED) is 0.672. The Balaban J connectivity index is 1.44. The van der Waals surface area contributed by atoms with Gasteiger partial charge in [-0.3, -0.25) is 9.59 Å². The van der Waals surface area contributed by atoms with Gasteiger partial charge in [0, 0.05) is 31.1 Å². The molecule has 3 rings (SSSR count). The van der Waals surface area contributed by atoms with Crippen molar-refractivity contribution in [3.05, 3.63) is 66.0 Å². The third kappa shape index (κ3) is 5.50. The Kier molecular flexibility index (Phi) is 5.94. The number of carbonyl (C=O) groups is 2. The Morgan fingerprint density at radius 2 is 1.78 bits per heavy atom. The molecule has 1 aromatic heterocycles. The van der Waals surface area contributed by atoms with Gasteiger partial charge in [0.15, 0.2) is 5.82 Å². The fraction of sp³-hybridized carbons (Fsp3) is 0.200. The fourth-order valence-corrected chi connectivity index (χ4v) is 2.52. The molecule has 7 nitrogen and oxygen atoms in total. The topological polar surface area (TPSA) is 97.1 Å². The highest BCUT2D eigenvalue weighted by Gasteiger charge is 2.09. The monoisotopic (exact) mass is 364 g/mol. The lowest BCUT2D eigenvalue weighted by Gasteiger charge is -2.05. The Morgan fingerprint density at radius 1 is 1.04 bits per heavy atom. The number of hydrogen-bond donors (Lipinski definition) is 2. The van der Waals surface area contributed by atoms with E-state index < -0.39 is 0 Å². The number of aromatic nitrogens is 2. The molecule has 27 heavy (non-hydrogen) atoms. The van der Waals surface area contributed by atoms with Crippen LogP contribution >= 0.6 is 0 Å². The molecular weight excluding hydrogens is 344 g/mol. The molecule has 0 saturated heterocycles. The van der Waals surface area contributed by atoms with Crippen LogP contribution in [0.15, 0.2) is 59.1 Å². The van der Waals surface area contributed by atoms with Gasteiger partial charge in [-0.2, -0.15) is 4.98 Å². The Bertz CT molecular complexity index is 904. The van der Waals surface area contributed by atoms with Gasteiger partial charge in [-0.25, -0.2) is 0 Å². The highest BCUT2D eigenvalue weighted by molar-refractivity contribution is 5.88. The first-order valence-corrected chi connectivity index (χ1v) is 8.61. The summed E-state index contributed by atoms with van der Waals surface area (Å²) in [6, 6.07) is 16.7. The number of amides is 2. The summed E-state index contributed by atoms with van der Waals surface area (Å²) in [4.78, 5) is 27.4. The molecule has 1 heterocycles. The second-order valence-electron chi connectivity index (χ2n) is 6.04. The maximum Gasteiger partial charge on any atom is 0.257 e. The standard InChI is InChI=1S/C20H20N4O3/c1-14(25)22-17-9-7-15(8-10-17)13-19(26)21-12-11-18-23-20(27-24-18)16-5-3-2-4-6-16/h2-10H,11-13H2,1H3,(H,21,26)(H,22,25). The van der Waals surface area contributed by atoms with Gasteiger partial charge < -0.3 is 15.2 Å². The van der Waals surface area contributed by atoms with Crippen LogP contribution in [0.2, 0.25) is 0 Å². The van der Waals surface area contributed by atoms with Crippen molar-refractivity contribution >= 4 is 17.5 Å². The third-order valence-electron chi connectivity index (χ3n) is 3.80. The van der Waals surface area contributed by atoms with Crippen molar-refractivity contribution in [3.8, 4) is 11.5 Å². The van der Waals surface area contributed by atoms with Crippen LogP contribution in [0.25, 0.3) is 11.5 Å². The summed E-state index contributed by atoms with van der Waals surface area (Å²) in [5, 5.41) is 9.47. The molecule has 0 aliphatic heterocycles. The number of nitrogens with zero attached hydrogens (tertiary/aromatic N) is 2. The normalized spacial score (nSPS) is 10.4. The molecule has 0 fully saturated rings. The molecule has 0 radical (unpaired) electrons. The third-order valence-corrected chi connectivity index (χ3v) is 3.80. The first-order chi connectivity index (χ1) is 13.1. The average molecular weight is 364 g/mol. The van der Waals surface area contributed by atoms with Crippen LogP contribution in [-0.2, 0) is 22.4 Å². The highest BCUT2D eigenvalue weighted by atomic mass is 16.5. The molecule has 0 aliphatic rings. The Labute approximate surface area is 156 Å². The molecule has 2 amide bonds. The number of rotatable bonds is 7. The molecule has 0 atom stereocenters. The van der Waals surface area contributed by atoms with Gasteiger partial charge >= 0.3 is 0 Å². The minimum absolute atomic E-state index is 0.0888. The number of hydrogen-bond acceptors (Lipinski definition) is 5. The second kappa shape index (κ2) is 8.75. The van der Waals surface area contributed by atoms with Crippen molar-refractivity contribution in [2.75, 3.05) is 11.9 Å². The smallest absolute Gasteiger partial charge is 0.257 e. The molecule has 0 spiro atoms. The zero-order chi connectivity index (χ0) is 19.1. The van der Waals surface area contributed by atoms with Gasteiger partial charge in [0.1, 0.15) is 0 Å². The van der Waals surface area contributed by atoms with Crippen LogP contribution in [-0.4, -0.2) is 28.5 Å². The van der Waals surface area contributed by atoms with Crippen LogP contribution in [0.4, 0.5) is 5.69 Å². The molecule has 2 N–H and O–H groups in total. The van der Waals surface area contributed by atoms with Crippen LogP contribution in [0, 0.1) is 0 Å². The zero-order valence-corrected chi connectivity index (χ0v) is 14.9. The van der Waals surface area contributed by atoms with Crippen molar-refractivity contribution in [2.45, 2.75) is 19.8 Å². The minimum atomic E-state index is -0.127. The van der Waals surface area contributed by atoms with Crippen molar-refractivity contribution in [3.63, 3.8) is 0 Å². The van der Waals surface area contributed by atoms with Crippen molar-refractivity contribution in [1.82, 2.24) is 15.5 Å². The molecule has 0 bridgehead atoms. The number of anilines is 1. The van der Waals surface area contributed by atoms with E-state index in [-0.39, 0.29) is 18.2 Å². The van der Waals surface area contributed by atoms with E-state index in [9.17, 15) is 9.59 Å². The summed E-state index contributed by atoms with van der Waals surface area (Å²) in [6.45, 7) is 1.88. The maximum atomic E-state index is 12.0. The van der Waals surface area contributed by atoms with E-state index in [2.05, 4.69) is 20.8 Å². The molecule has 0 aliphatic carbocycles. The summed E-state index contributed by atoms with van der Waals surface area (Å²) in [5.74, 6) is 0.802. The summed E-state index contributed by atoms with van der Waals surface area (Å²) >= 11 is 0. The van der Waals surface area contributed by atoms with E-state index in [0.717, 1.165) is 11.1 Å². The van der Waals surface area contributed by atoms with E-state index in [1.165, 1.54) is 6.92 Å². The van der Waals surface area contributed by atoms with Gasteiger partial charge in [0.25, 0.3) is 5.89 Å². The first kappa shape index (κ1) is 18.3. The number of nitrogens with one attached hydrogen (secondary N) is 2. The van der Waals surface area contributed by atoms with Gasteiger partial charge in [0.05, 0.1) is 6.42 Å². The molecule has 0 unspecified atom stereocenters. The Hall–Kier alpha value is -3.48. The second-order valence-corrected chi connectivity index (χ2v) is 6.04. The van der Waals surface area contributed by atoms with Gasteiger partial charge in [-0.1, -0.05) is 35.5 Å². The molecule has 7 heteroatoms. The van der Waals surface area contributed by atoms with Gasteiger partial charge in [-0.15, -0.1) is 0 Å². The van der Waals surface area contributed by atoms with Crippen LogP contribution in [0.3, 0.4) is 0 Å². The van der Waals surface area contributed by atoms with E-state index >= 15 is 0 Å². The molecule has 3 aromatic rings. The van der Waals surface area contributed by atoms with E-state index in [1.54, 1.807) is 12.1 Å². The van der Waals surface area contributed by atoms with Crippen LogP contribution in [0.5, 0.6) is 0 Å². The van der Waals surface area contributed by atoms with Crippen molar-refractivity contribution in [2.24, 2.45) is 0 Å². The predicted octanol–water partition coefficient (Wildman–Crippen LogP) is 2.60. The summed E-state index contributed by atoms with van der Waals surface area (Å²) in [6.07, 6.45) is 0.755. The van der Waals surface area contributed by atoms with Crippen LogP contribution < -0.4 is 10.6 Å². The number of carbonyl (C=O) groups excluding carboxylic acids is 2. The molecule has 2 aromatic carbocycles. The predicted molar refractivity (Wildman–Crippen MR) is 101 cm³/mol. The van der Waals surface area contributed by atoms with Gasteiger partial charge in [0.2, 0.25) is 11.8 Å². The maximum absolute atomic E-state index is 12.0.